The molecule has 0 saturated carbocycles. The van der Waals surface area contributed by atoms with Crippen molar-refractivity contribution in [1.29, 1.82) is 0 Å². The fourth-order valence-corrected chi connectivity index (χ4v) is 5.48. The molecular weight excluding hydrogens is 376 g/mol. The van der Waals surface area contributed by atoms with Crippen LogP contribution < -0.4 is 0 Å². The Bertz CT molecular complexity index is 1090. The minimum atomic E-state index is -3.83. The number of phenolic OH excluding ortho intramolecular Hbond substituents is 1. The van der Waals surface area contributed by atoms with E-state index in [-0.39, 0.29) is 23.6 Å². The van der Waals surface area contributed by atoms with E-state index >= 15 is 0 Å². The summed E-state index contributed by atoms with van der Waals surface area (Å²) in [7, 11) is -3.83. The van der Waals surface area contributed by atoms with Crippen LogP contribution in [0.2, 0.25) is 0 Å². The lowest BCUT2D eigenvalue weighted by atomic mass is 9.95. The van der Waals surface area contributed by atoms with Crippen LogP contribution in [-0.4, -0.2) is 34.0 Å². The molecule has 144 valence electrons. The van der Waals surface area contributed by atoms with Crippen LogP contribution in [0, 0.1) is 0 Å². The van der Waals surface area contributed by atoms with Crippen molar-refractivity contribution in [3.8, 4) is 5.75 Å². The van der Waals surface area contributed by atoms with Crippen molar-refractivity contribution < 1.29 is 18.6 Å². The van der Waals surface area contributed by atoms with E-state index in [1.807, 2.05) is 0 Å². The number of benzene rings is 2. The Kier molecular flexibility index (Phi) is 4.89. The van der Waals surface area contributed by atoms with Crippen LogP contribution in [0.3, 0.4) is 0 Å². The summed E-state index contributed by atoms with van der Waals surface area (Å²) in [6, 6.07) is 16.1. The number of para-hydroxylation sites is 1. The van der Waals surface area contributed by atoms with Crippen LogP contribution >= 0.6 is 0 Å². The van der Waals surface area contributed by atoms with E-state index in [4.69, 9.17) is 0 Å². The molecular formula is C21H20N2O4S. The zero-order valence-electron chi connectivity index (χ0n) is 15.0. The highest BCUT2D eigenvalue weighted by Gasteiger charge is 2.43. The van der Waals surface area contributed by atoms with Crippen LogP contribution in [-0.2, 0) is 23.0 Å². The van der Waals surface area contributed by atoms with Gasteiger partial charge < -0.3 is 10.2 Å². The molecule has 0 unspecified atom stereocenters. The summed E-state index contributed by atoms with van der Waals surface area (Å²) in [5.74, 6) is 0.0762. The van der Waals surface area contributed by atoms with Crippen LogP contribution in [0.4, 0.5) is 0 Å². The normalized spacial score (nSPS) is 21.2. The molecule has 7 heteroatoms. The van der Waals surface area contributed by atoms with Crippen molar-refractivity contribution in [2.45, 2.75) is 30.0 Å². The molecule has 0 bridgehead atoms. The number of aromatic nitrogens is 1. The van der Waals surface area contributed by atoms with Gasteiger partial charge in [-0.1, -0.05) is 42.5 Å². The summed E-state index contributed by atoms with van der Waals surface area (Å²) in [6.07, 6.45) is 2.40. The van der Waals surface area contributed by atoms with Gasteiger partial charge >= 0.3 is 0 Å². The third kappa shape index (κ3) is 3.28. The molecule has 1 aliphatic heterocycles. The van der Waals surface area contributed by atoms with Crippen molar-refractivity contribution in [2.75, 3.05) is 0 Å². The van der Waals surface area contributed by atoms with Crippen LogP contribution in [0.1, 0.15) is 22.8 Å². The average molecular weight is 396 g/mol. The van der Waals surface area contributed by atoms with Gasteiger partial charge in [0.2, 0.25) is 10.0 Å². The first-order valence-electron chi connectivity index (χ1n) is 8.93. The Balaban J connectivity index is 1.81. The molecule has 0 radical (unpaired) electrons. The quantitative estimate of drug-likeness (QED) is 0.708. The predicted octanol–water partition coefficient (Wildman–Crippen LogP) is 2.64. The number of phenols is 1. The molecule has 0 amide bonds. The van der Waals surface area contributed by atoms with Gasteiger partial charge in [-0.25, -0.2) is 8.42 Å². The minimum absolute atomic E-state index is 0.0762. The van der Waals surface area contributed by atoms with Gasteiger partial charge in [-0.05, 0) is 35.7 Å². The number of sulfonamides is 1. The number of hydrogen-bond acceptors (Lipinski definition) is 5. The first-order chi connectivity index (χ1) is 13.5. The first kappa shape index (κ1) is 18.6. The second kappa shape index (κ2) is 7.35. The molecule has 0 fully saturated rings. The van der Waals surface area contributed by atoms with E-state index < -0.39 is 22.2 Å². The minimum Gasteiger partial charge on any atom is -0.508 e. The first-order valence-corrected chi connectivity index (χ1v) is 10.4. The lowest BCUT2D eigenvalue weighted by Gasteiger charge is -2.39. The molecule has 2 aromatic carbocycles. The Hall–Kier alpha value is -2.74. The zero-order valence-corrected chi connectivity index (χ0v) is 15.8. The number of rotatable bonds is 4. The summed E-state index contributed by atoms with van der Waals surface area (Å²) in [4.78, 5) is 4.17. The van der Waals surface area contributed by atoms with Crippen LogP contribution in [0.15, 0.2) is 78.0 Å². The van der Waals surface area contributed by atoms with Crippen molar-refractivity contribution in [3.63, 3.8) is 0 Å². The van der Waals surface area contributed by atoms with Crippen molar-refractivity contribution in [3.05, 3.63) is 89.7 Å². The summed E-state index contributed by atoms with van der Waals surface area (Å²) in [5, 5.41) is 21.2. The Morgan fingerprint density at radius 1 is 1.00 bits per heavy atom. The van der Waals surface area contributed by atoms with Gasteiger partial charge in [-0.2, -0.15) is 4.31 Å². The molecule has 0 aliphatic carbocycles. The summed E-state index contributed by atoms with van der Waals surface area (Å²) < 4.78 is 28.1. The Morgan fingerprint density at radius 3 is 2.50 bits per heavy atom. The van der Waals surface area contributed by atoms with Crippen LogP contribution in [0.25, 0.3) is 0 Å². The maximum atomic E-state index is 13.4. The molecule has 6 nitrogen and oxygen atoms in total. The molecule has 4 rings (SSSR count). The molecule has 2 heterocycles. The molecule has 2 atom stereocenters. The Morgan fingerprint density at radius 2 is 1.75 bits per heavy atom. The summed E-state index contributed by atoms with van der Waals surface area (Å²) in [5.41, 5.74) is 1.68. The summed E-state index contributed by atoms with van der Waals surface area (Å²) >= 11 is 0. The highest BCUT2D eigenvalue weighted by molar-refractivity contribution is 7.89. The molecule has 3 aromatic rings. The monoisotopic (exact) mass is 396 g/mol. The molecule has 0 saturated heterocycles. The topological polar surface area (TPSA) is 90.7 Å². The van der Waals surface area contributed by atoms with Gasteiger partial charge in [0.05, 0.1) is 17.0 Å². The number of nitrogens with zero attached hydrogens (tertiary/aromatic N) is 2. The van der Waals surface area contributed by atoms with Gasteiger partial charge in [0.25, 0.3) is 0 Å². The fourth-order valence-electron chi connectivity index (χ4n) is 3.63. The van der Waals surface area contributed by atoms with Crippen molar-refractivity contribution in [1.82, 2.24) is 9.29 Å². The Labute approximate surface area is 163 Å². The number of aliphatic hydroxyl groups is 1. The maximum absolute atomic E-state index is 13.4. The average Bonchev–Trinajstić information content (AvgIpc) is 2.71. The van der Waals surface area contributed by atoms with Gasteiger partial charge in [-0.15, -0.1) is 0 Å². The molecule has 1 aliphatic rings. The number of fused-ring (bicyclic) bond motifs is 1. The summed E-state index contributed by atoms with van der Waals surface area (Å²) in [6.45, 7) is 0.0832. The SMILES string of the molecule is O=S1(=O)c2ccccc2[C@@H](O)[C@@H](Cc2ccccc2O)N1Cc1cccnc1. The molecule has 28 heavy (non-hydrogen) atoms. The van der Waals surface area contributed by atoms with E-state index in [1.54, 1.807) is 67.0 Å². The zero-order chi connectivity index (χ0) is 19.7. The van der Waals surface area contributed by atoms with E-state index in [2.05, 4.69) is 4.98 Å². The van der Waals surface area contributed by atoms with Gasteiger partial charge in [-0.3, -0.25) is 4.98 Å². The van der Waals surface area contributed by atoms with Crippen molar-refractivity contribution in [2.24, 2.45) is 0 Å². The van der Waals surface area contributed by atoms with E-state index in [0.717, 1.165) is 5.56 Å². The number of aromatic hydroxyl groups is 1. The van der Waals surface area contributed by atoms with Crippen LogP contribution in [0.5, 0.6) is 5.75 Å². The smallest absolute Gasteiger partial charge is 0.244 e. The number of pyridine rings is 1. The van der Waals surface area contributed by atoms with Gasteiger partial charge in [0.1, 0.15) is 5.75 Å². The van der Waals surface area contributed by atoms with Gasteiger partial charge in [0.15, 0.2) is 0 Å². The second-order valence-corrected chi connectivity index (χ2v) is 8.65. The molecule has 2 N–H and O–H groups in total. The highest BCUT2D eigenvalue weighted by atomic mass is 32.2. The van der Waals surface area contributed by atoms with Crippen molar-refractivity contribution >= 4 is 10.0 Å². The highest BCUT2D eigenvalue weighted by Crippen LogP contribution is 2.39. The lowest BCUT2D eigenvalue weighted by Crippen LogP contribution is -2.48. The third-order valence-electron chi connectivity index (χ3n) is 5.04. The predicted molar refractivity (Wildman–Crippen MR) is 104 cm³/mol. The lowest BCUT2D eigenvalue weighted by molar-refractivity contribution is 0.0766. The van der Waals surface area contributed by atoms with E-state index in [9.17, 15) is 18.6 Å². The maximum Gasteiger partial charge on any atom is 0.244 e. The third-order valence-corrected chi connectivity index (χ3v) is 6.99. The number of hydrogen-bond donors (Lipinski definition) is 2. The van der Waals surface area contributed by atoms with E-state index in [1.165, 1.54) is 10.4 Å². The second-order valence-electron chi connectivity index (χ2n) is 6.79. The molecule has 1 aromatic heterocycles. The molecule has 0 spiro atoms. The van der Waals surface area contributed by atoms with E-state index in [0.29, 0.717) is 11.1 Å². The number of aliphatic hydroxyl groups excluding tert-OH is 1. The fraction of sp³-hybridized carbons (Fsp3) is 0.190. The standard InChI is InChI=1S/C21H20N2O4S/c24-19-9-3-1-7-16(19)12-18-21(25)17-8-2-4-10-20(17)28(26,27)23(18)14-15-6-5-11-22-13-15/h1-11,13,18,21,24-25H,12,14H2/t18-,21-/m1/s1. The largest absolute Gasteiger partial charge is 0.508 e. The van der Waals surface area contributed by atoms with Gasteiger partial charge in [0, 0.05) is 24.5 Å².